The number of allylic oxidation sites excluding steroid dienone is 1. The molecule has 3 aromatic rings. The van der Waals surface area contributed by atoms with Crippen LogP contribution in [0.5, 0.6) is 0 Å². The average Bonchev–Trinajstić information content (AvgIpc) is 3.45. The molecule has 276 valence electrons. The highest BCUT2D eigenvalue weighted by Gasteiger charge is 2.25. The van der Waals surface area contributed by atoms with Crippen LogP contribution in [-0.4, -0.2) is 22.3 Å². The molecule has 1 aliphatic rings. The summed E-state index contributed by atoms with van der Waals surface area (Å²) >= 11 is 5.99. The molecule has 0 bridgehead atoms. The van der Waals surface area contributed by atoms with Gasteiger partial charge in [-0.3, -0.25) is 9.59 Å². The summed E-state index contributed by atoms with van der Waals surface area (Å²) in [7, 11) is 0. The predicted octanol–water partition coefficient (Wildman–Crippen LogP) is 14.0. The quantitative estimate of drug-likeness (QED) is 0.157. The first-order valence-corrected chi connectivity index (χ1v) is 18.6. The van der Waals surface area contributed by atoms with Gasteiger partial charge in [0.15, 0.2) is 11.3 Å². The zero-order chi connectivity index (χ0) is 37.9. The molecule has 5 nitrogen and oxygen atoms in total. The lowest BCUT2D eigenvalue weighted by molar-refractivity contribution is -0.122. The first kappa shape index (κ1) is 46.1. The van der Waals surface area contributed by atoms with Crippen LogP contribution in [0, 0.1) is 23.2 Å². The van der Waals surface area contributed by atoms with Gasteiger partial charge in [-0.2, -0.15) is 0 Å². The number of hydrogen-bond acceptors (Lipinski definition) is 4. The maximum Gasteiger partial charge on any atom is 0.290 e. The minimum Gasteiger partial charge on any atom is -0.483 e. The monoisotopic (exact) mass is 697 g/mol. The Bertz CT molecular complexity index is 1390. The van der Waals surface area contributed by atoms with Crippen molar-refractivity contribution in [2.75, 3.05) is 0 Å². The highest BCUT2D eigenvalue weighted by atomic mass is 35.5. The van der Waals surface area contributed by atoms with Crippen molar-refractivity contribution in [2.24, 2.45) is 23.2 Å². The Kier molecular flexibility index (Phi) is 21.4. The summed E-state index contributed by atoms with van der Waals surface area (Å²) in [6.07, 6.45) is 10.9. The minimum absolute atomic E-state index is 0.00842. The maximum atomic E-state index is 12.3. The van der Waals surface area contributed by atoms with E-state index >= 15 is 0 Å². The van der Waals surface area contributed by atoms with Gasteiger partial charge < -0.3 is 9.52 Å². The summed E-state index contributed by atoms with van der Waals surface area (Å²) in [6, 6.07) is 11.4. The van der Waals surface area contributed by atoms with Gasteiger partial charge in [0.1, 0.15) is 5.52 Å². The Balaban J connectivity index is 0.000000785. The Morgan fingerprint density at radius 2 is 1.53 bits per heavy atom. The number of halogens is 1. The van der Waals surface area contributed by atoms with E-state index in [1.807, 2.05) is 44.2 Å². The summed E-state index contributed by atoms with van der Waals surface area (Å²) in [5.41, 5.74) is 6.06. The Morgan fingerprint density at radius 3 is 1.90 bits per heavy atom. The third kappa shape index (κ3) is 17.5. The Hall–Kier alpha value is -2.92. The van der Waals surface area contributed by atoms with Crippen LogP contribution in [0.3, 0.4) is 0 Å². The molecule has 1 saturated carbocycles. The minimum atomic E-state index is -0.250. The first-order chi connectivity index (χ1) is 22.8. The second-order valence-electron chi connectivity index (χ2n) is 15.8. The number of hydrogen-bond donors (Lipinski definition) is 1. The molecule has 2 atom stereocenters. The molecule has 1 fully saturated rings. The molecule has 49 heavy (non-hydrogen) atoms. The van der Waals surface area contributed by atoms with E-state index in [2.05, 4.69) is 82.7 Å². The second kappa shape index (κ2) is 22.7. The number of furan rings is 1. The van der Waals surface area contributed by atoms with Gasteiger partial charge in [0.25, 0.3) is 6.47 Å². The number of unbranched alkanes of at least 4 members (excludes halogenated alkanes) is 1. The molecule has 0 spiro atoms. The van der Waals surface area contributed by atoms with E-state index in [9.17, 15) is 4.79 Å². The molecule has 0 aliphatic heterocycles. The lowest BCUT2D eigenvalue weighted by Crippen LogP contribution is -2.16. The second-order valence-corrected chi connectivity index (χ2v) is 16.2. The molecule has 2 unspecified atom stereocenters. The molecule has 2 heterocycles. The fraction of sp³-hybridized carbons (Fsp3) is 0.605. The molecule has 4 rings (SSSR count). The van der Waals surface area contributed by atoms with Crippen LogP contribution in [0.25, 0.3) is 22.4 Å². The van der Waals surface area contributed by atoms with Crippen molar-refractivity contribution in [2.45, 2.75) is 147 Å². The summed E-state index contributed by atoms with van der Waals surface area (Å²) in [4.78, 5) is 25.4. The van der Waals surface area contributed by atoms with E-state index in [0.29, 0.717) is 27.3 Å². The largest absolute Gasteiger partial charge is 0.483 e. The molecule has 1 aromatic carbocycles. The van der Waals surface area contributed by atoms with E-state index in [0.717, 1.165) is 28.7 Å². The zero-order valence-corrected chi connectivity index (χ0v) is 33.9. The fourth-order valence-electron chi connectivity index (χ4n) is 5.55. The van der Waals surface area contributed by atoms with E-state index in [1.54, 1.807) is 6.07 Å². The molecule has 0 saturated heterocycles. The van der Waals surface area contributed by atoms with Gasteiger partial charge in [0.2, 0.25) is 5.78 Å². The molecule has 0 amide bonds. The van der Waals surface area contributed by atoms with Crippen molar-refractivity contribution in [3.8, 4) is 11.3 Å². The van der Waals surface area contributed by atoms with Gasteiger partial charge >= 0.3 is 0 Å². The van der Waals surface area contributed by atoms with Crippen LogP contribution in [0.15, 0.2) is 53.0 Å². The van der Waals surface area contributed by atoms with Crippen LogP contribution in [-0.2, 0) is 10.2 Å². The predicted molar refractivity (Wildman–Crippen MR) is 212 cm³/mol. The fourth-order valence-corrected chi connectivity index (χ4v) is 5.68. The van der Waals surface area contributed by atoms with Gasteiger partial charge in [-0.15, -0.1) is 0 Å². The van der Waals surface area contributed by atoms with Crippen LogP contribution in [0.2, 0.25) is 5.02 Å². The first-order valence-electron chi connectivity index (χ1n) is 18.3. The Labute approximate surface area is 304 Å². The van der Waals surface area contributed by atoms with E-state index < -0.39 is 0 Å². The topological polar surface area (TPSA) is 80.4 Å². The molecule has 0 radical (unpaired) electrons. The van der Waals surface area contributed by atoms with E-state index in [1.165, 1.54) is 56.9 Å². The van der Waals surface area contributed by atoms with Crippen molar-refractivity contribution < 1.29 is 19.1 Å². The summed E-state index contributed by atoms with van der Waals surface area (Å²) in [5, 5.41) is 7.58. The van der Waals surface area contributed by atoms with Crippen molar-refractivity contribution in [1.29, 1.82) is 0 Å². The van der Waals surface area contributed by atoms with Gasteiger partial charge in [-0.1, -0.05) is 157 Å². The highest BCUT2D eigenvalue weighted by Crippen LogP contribution is 2.36. The number of ketones is 1. The number of benzene rings is 1. The van der Waals surface area contributed by atoms with Gasteiger partial charge in [0, 0.05) is 28.1 Å². The summed E-state index contributed by atoms with van der Waals surface area (Å²) in [6.45, 7) is 31.8. The number of carbonyl (C=O) groups is 2. The summed E-state index contributed by atoms with van der Waals surface area (Å²) in [5.74, 6) is 1.97. The van der Waals surface area contributed by atoms with Gasteiger partial charge in [-0.05, 0) is 60.6 Å². The molecule has 2 aromatic heterocycles. The molecule has 1 N–H and O–H groups in total. The SMILES string of the molecule is C=C(C)C1CCCCC1C.CC(C)C(=O)c1cc2nc(-c3ccc(Cl)cc3)cc(C(C)(C)C)c2o1.CCCC.CCCC(C)(C)C.O=CO. The number of fused-ring (bicyclic) bond motifs is 1. The van der Waals surface area contributed by atoms with Crippen molar-refractivity contribution in [3.05, 3.63) is 64.9 Å². The van der Waals surface area contributed by atoms with Crippen LogP contribution in [0.1, 0.15) is 157 Å². The van der Waals surface area contributed by atoms with Crippen molar-refractivity contribution >= 4 is 35.0 Å². The van der Waals surface area contributed by atoms with E-state index in [4.69, 9.17) is 30.9 Å². The maximum absolute atomic E-state index is 12.3. The van der Waals surface area contributed by atoms with Crippen molar-refractivity contribution in [3.63, 3.8) is 0 Å². The molecular weight excluding hydrogens is 630 g/mol. The lowest BCUT2D eigenvalue weighted by Gasteiger charge is -2.28. The standard InChI is InChI=1S/C21H22ClNO2.C10H18.C7H16.C4H10.CH2O2/c1-12(2)19(24)18-11-17-20(25-18)15(21(3,4)5)10-16(23-17)13-6-8-14(22)9-7-13;1-8(2)10-7-5-4-6-9(10)3;1-5-6-7(2,3)4;1-3-4-2;2-1-3/h6-12H,1-5H3;9-10H,1,4-7H2,2-3H3;5-6H2,1-4H3;3-4H2,1-2H3;1H,(H,2,3). The van der Waals surface area contributed by atoms with Crippen molar-refractivity contribution in [1.82, 2.24) is 4.98 Å². The zero-order valence-electron chi connectivity index (χ0n) is 33.1. The van der Waals surface area contributed by atoms with Gasteiger partial charge in [0.05, 0.1) is 5.69 Å². The normalized spacial score (nSPS) is 15.7. The molecular formula is C43H68ClNO4. The number of aromatic nitrogens is 1. The highest BCUT2D eigenvalue weighted by molar-refractivity contribution is 6.30. The summed E-state index contributed by atoms with van der Waals surface area (Å²) < 4.78 is 5.93. The number of carbonyl (C=O) groups excluding carboxylic acids is 1. The molecule has 1 aliphatic carbocycles. The number of nitrogens with zero attached hydrogens (tertiary/aromatic N) is 1. The number of Topliss-reactive ketones (excluding diaryl/α,β-unsaturated/α-hetero) is 1. The van der Waals surface area contributed by atoms with Crippen LogP contribution >= 0.6 is 11.6 Å². The number of carboxylic acid groups (broad SMARTS) is 1. The lowest BCUT2D eigenvalue weighted by atomic mass is 9.77. The number of rotatable bonds is 6. The smallest absolute Gasteiger partial charge is 0.290 e. The third-order valence-electron chi connectivity index (χ3n) is 8.44. The van der Waals surface area contributed by atoms with Crippen LogP contribution < -0.4 is 0 Å². The van der Waals surface area contributed by atoms with Crippen LogP contribution in [0.4, 0.5) is 0 Å². The molecule has 6 heteroatoms. The van der Waals surface area contributed by atoms with Gasteiger partial charge in [-0.25, -0.2) is 4.98 Å². The Morgan fingerprint density at radius 1 is 1.00 bits per heavy atom. The van der Waals surface area contributed by atoms with E-state index in [-0.39, 0.29) is 23.6 Å². The third-order valence-corrected chi connectivity index (χ3v) is 8.69. The number of pyridine rings is 1. The average molecular weight is 698 g/mol.